The number of amides is 11. The zero-order valence-corrected chi connectivity index (χ0v) is 56.1. The molecular weight excluding hydrogens is 1190 g/mol. The van der Waals surface area contributed by atoms with Crippen LogP contribution in [0.2, 0.25) is 5.02 Å². The Morgan fingerprint density at radius 3 is 1.83 bits per heavy atom. The van der Waals surface area contributed by atoms with Crippen LogP contribution in [-0.4, -0.2) is 228 Å². The zero-order chi connectivity index (χ0) is 67.4. The maximum Gasteiger partial charge on any atom is 0.417 e. The van der Waals surface area contributed by atoms with Gasteiger partial charge in [-0.05, 0) is 99.7 Å². The molecule has 8 atom stereocenters. The second-order valence-corrected chi connectivity index (χ2v) is 27.0. The number of nitrogens with one attached hydrogen (secondary N) is 3. The summed E-state index contributed by atoms with van der Waals surface area (Å²) in [5.74, 6) is -7.67. The number of halogens is 4. The SMILES string of the molecule is CCC(C)[C@@H]1NC(=O)[C@H](CC(C)C)N(C)C(=O)C[C@@H](C)N(C)C(=O)[C@H](C(C)C)N(C)C(=O)C2(CCCC2)NC(=O)[C@@H]2CCCN2C(=O)[C@H](CCc2ccc(C(F)(F)F)c(Cl)c2)NC(=O)CN(C)C(=O)[C@H](CC2CCCC2)N(C)C(=O)CN(C)C(=O)CN(C)C1=O. The number of nitrogens with zero attached hydrogens (tertiary/aromatic N) is 8. The lowest BCUT2D eigenvalue weighted by molar-refractivity contribution is -0.152. The molecule has 0 aromatic heterocycles. The number of rotatable bonds is 10. The first-order chi connectivity index (χ1) is 42.0. The molecule has 1 aromatic rings. The predicted octanol–water partition coefficient (Wildman–Crippen LogP) is 5.12. The van der Waals surface area contributed by atoms with Gasteiger partial charge in [0.2, 0.25) is 65.0 Å². The number of fused-ring (bicyclic) bond motifs is 1. The van der Waals surface area contributed by atoms with E-state index in [2.05, 4.69) is 16.0 Å². The largest absolute Gasteiger partial charge is 0.417 e. The molecule has 5 rings (SSSR count). The highest BCUT2D eigenvalue weighted by atomic mass is 35.5. The van der Waals surface area contributed by atoms with Crippen LogP contribution in [0.4, 0.5) is 13.2 Å². The molecule has 0 radical (unpaired) electrons. The second-order valence-electron chi connectivity index (χ2n) is 26.6. The Morgan fingerprint density at radius 1 is 0.656 bits per heavy atom. The van der Waals surface area contributed by atoms with Crippen molar-refractivity contribution in [2.24, 2.45) is 23.7 Å². The summed E-state index contributed by atoms with van der Waals surface area (Å²) in [7, 11) is 10.1. The van der Waals surface area contributed by atoms with Gasteiger partial charge in [0.25, 0.3) is 0 Å². The van der Waals surface area contributed by atoms with E-state index in [1.807, 2.05) is 20.8 Å². The second kappa shape index (κ2) is 32.2. The Hall–Kier alpha value is -6.53. The number of carbonyl (C=O) groups is 11. The third-order valence-electron chi connectivity index (χ3n) is 19.0. The monoisotopic (exact) mass is 1290 g/mol. The van der Waals surface area contributed by atoms with Crippen LogP contribution >= 0.6 is 11.6 Å². The van der Waals surface area contributed by atoms with E-state index in [-0.39, 0.29) is 69.7 Å². The van der Waals surface area contributed by atoms with E-state index >= 15 is 4.79 Å². The van der Waals surface area contributed by atoms with Crippen molar-refractivity contribution in [2.75, 3.05) is 75.5 Å². The van der Waals surface area contributed by atoms with Gasteiger partial charge in [-0.25, -0.2) is 0 Å². The molecule has 2 saturated carbocycles. The van der Waals surface area contributed by atoms with E-state index in [9.17, 15) is 61.1 Å². The summed E-state index contributed by atoms with van der Waals surface area (Å²) in [6.07, 6.45) is 1.10. The lowest BCUT2D eigenvalue weighted by atomic mass is 9.91. The van der Waals surface area contributed by atoms with Crippen molar-refractivity contribution in [1.82, 2.24) is 55.1 Å². The van der Waals surface area contributed by atoms with Crippen LogP contribution in [0.3, 0.4) is 0 Å². The molecule has 2 heterocycles. The van der Waals surface area contributed by atoms with E-state index in [0.29, 0.717) is 31.2 Å². The zero-order valence-electron chi connectivity index (χ0n) is 55.3. The fraction of sp³-hybridized carbons (Fsp3) is 0.734. The number of aryl methyl sites for hydroxylation is 1. The first-order valence-corrected chi connectivity index (χ1v) is 32.3. The minimum absolute atomic E-state index is 0.0440. The number of carbonyl (C=O) groups excluding carboxylic acids is 11. The summed E-state index contributed by atoms with van der Waals surface area (Å²) < 4.78 is 41.3. The van der Waals surface area contributed by atoms with Crippen LogP contribution < -0.4 is 16.0 Å². The average molecular weight is 1290 g/mol. The van der Waals surface area contributed by atoms with Crippen LogP contribution in [0, 0.1) is 23.7 Å². The van der Waals surface area contributed by atoms with Gasteiger partial charge in [0.15, 0.2) is 0 Å². The molecule has 1 spiro atoms. The Labute approximate surface area is 534 Å². The molecule has 1 unspecified atom stereocenters. The number of benzene rings is 1. The Bertz CT molecular complexity index is 2780. The highest BCUT2D eigenvalue weighted by molar-refractivity contribution is 6.31. The topological polar surface area (TPSA) is 250 Å². The maximum atomic E-state index is 15.1. The van der Waals surface area contributed by atoms with Gasteiger partial charge in [-0.15, -0.1) is 0 Å². The summed E-state index contributed by atoms with van der Waals surface area (Å²) in [5.41, 5.74) is -2.25. The van der Waals surface area contributed by atoms with Gasteiger partial charge in [0.05, 0.1) is 30.2 Å². The standard InChI is InChI=1S/C64H99ClF3N11O11/c1-15-40(6)54-60(88)74(10)36-52(82)72(8)37-53(83)77(13)49(34-42-21-16-17-22-42)59(87)73(9)35-50(80)69-46(27-25-43-24-26-44(45(65)33-43)64(66,67)68)58(86)79-30-20-23-47(79)57(85)71-63(28-18-19-29-63)62(90)78(14)55(39(4)5)61(89)75(11)41(7)32-51(81)76(12)48(31-38(2)3)56(84)70-54/h24,26,33,38-42,46-49,54-55H,15-23,25,27-32,34-37H2,1-14H3,(H,69,80)(H,70,84)(H,71,85)/t40?,41-,46+,47+,48+,49+,54+,55+/m1/s1. The van der Waals surface area contributed by atoms with E-state index in [4.69, 9.17) is 11.6 Å². The Balaban J connectivity index is 1.55. The minimum atomic E-state index is -4.74. The summed E-state index contributed by atoms with van der Waals surface area (Å²) in [6.45, 7) is 11.1. The van der Waals surface area contributed by atoms with Crippen LogP contribution in [0.25, 0.3) is 0 Å². The number of hydrogen-bond donors (Lipinski definition) is 3. The van der Waals surface area contributed by atoms with Gasteiger partial charge < -0.3 is 55.1 Å². The fourth-order valence-corrected chi connectivity index (χ4v) is 13.3. The average Bonchev–Trinajstić information content (AvgIpc) is 1.55. The van der Waals surface area contributed by atoms with Gasteiger partial charge in [-0.3, -0.25) is 52.7 Å². The smallest absolute Gasteiger partial charge is 0.343 e. The first kappa shape index (κ1) is 74.2. The molecule has 1 aromatic carbocycles. The summed E-state index contributed by atoms with van der Waals surface area (Å²) >= 11 is 6.11. The fourth-order valence-electron chi connectivity index (χ4n) is 13.0. The van der Waals surface area contributed by atoms with Gasteiger partial charge in [-0.1, -0.05) is 104 Å². The van der Waals surface area contributed by atoms with E-state index in [0.717, 1.165) is 52.5 Å². The highest BCUT2D eigenvalue weighted by Gasteiger charge is 2.50. The minimum Gasteiger partial charge on any atom is -0.343 e. The number of hydrogen-bond acceptors (Lipinski definition) is 11. The third kappa shape index (κ3) is 18.6. The van der Waals surface area contributed by atoms with Crippen LogP contribution in [0.1, 0.15) is 156 Å². The molecule has 90 heavy (non-hydrogen) atoms. The van der Waals surface area contributed by atoms with Gasteiger partial charge >= 0.3 is 6.18 Å². The van der Waals surface area contributed by atoms with Gasteiger partial charge in [-0.2, -0.15) is 13.2 Å². The van der Waals surface area contributed by atoms with Crippen LogP contribution in [-0.2, 0) is 65.3 Å². The summed E-state index contributed by atoms with van der Waals surface area (Å²) in [4.78, 5) is 170. The number of alkyl halides is 3. The van der Waals surface area contributed by atoms with Gasteiger partial charge in [0.1, 0.15) is 41.8 Å². The highest BCUT2D eigenvalue weighted by Crippen LogP contribution is 2.37. The van der Waals surface area contributed by atoms with Crippen molar-refractivity contribution in [3.63, 3.8) is 0 Å². The van der Waals surface area contributed by atoms with Crippen molar-refractivity contribution >= 4 is 76.6 Å². The quantitative estimate of drug-likeness (QED) is 0.278. The molecule has 26 heteroatoms. The molecule has 22 nitrogen and oxygen atoms in total. The normalized spacial score (nSPS) is 26.3. The Morgan fingerprint density at radius 2 is 1.26 bits per heavy atom. The van der Waals surface area contributed by atoms with Crippen molar-refractivity contribution in [1.29, 1.82) is 0 Å². The van der Waals surface area contributed by atoms with Crippen molar-refractivity contribution in [3.05, 3.63) is 34.3 Å². The third-order valence-corrected chi connectivity index (χ3v) is 19.3. The van der Waals surface area contributed by atoms with Crippen molar-refractivity contribution in [3.8, 4) is 0 Å². The Kier molecular flexibility index (Phi) is 26.5. The van der Waals surface area contributed by atoms with Crippen LogP contribution in [0.5, 0.6) is 0 Å². The predicted molar refractivity (Wildman–Crippen MR) is 332 cm³/mol. The summed E-state index contributed by atoms with van der Waals surface area (Å²) in [5, 5.41) is 8.08. The van der Waals surface area contributed by atoms with E-state index in [1.165, 1.54) is 79.9 Å². The molecule has 2 aliphatic carbocycles. The first-order valence-electron chi connectivity index (χ1n) is 31.9. The lowest BCUT2D eigenvalue weighted by Gasteiger charge is -2.41. The summed E-state index contributed by atoms with van der Waals surface area (Å²) in [6, 6.07) is -4.51. The van der Waals surface area contributed by atoms with E-state index in [1.54, 1.807) is 27.7 Å². The number of likely N-dealkylation sites (N-methyl/N-ethyl adjacent to an activating group) is 7. The van der Waals surface area contributed by atoms with E-state index < -0.39 is 161 Å². The maximum absolute atomic E-state index is 15.1. The molecule has 504 valence electrons. The molecule has 0 bridgehead atoms. The molecule has 2 aliphatic heterocycles. The lowest BCUT2D eigenvalue weighted by Crippen LogP contribution is -2.64. The van der Waals surface area contributed by atoms with Crippen molar-refractivity contribution < 1.29 is 65.9 Å². The van der Waals surface area contributed by atoms with Gasteiger partial charge in [0, 0.05) is 68.3 Å². The molecule has 4 fully saturated rings. The molecule has 3 N–H and O–H groups in total. The van der Waals surface area contributed by atoms with Crippen molar-refractivity contribution in [2.45, 2.75) is 205 Å². The molecule has 2 saturated heterocycles. The van der Waals surface area contributed by atoms with Crippen LogP contribution in [0.15, 0.2) is 18.2 Å². The molecule has 11 amide bonds. The molecule has 4 aliphatic rings. The molecular formula is C64H99ClF3N11O11.